The van der Waals surface area contributed by atoms with Crippen LogP contribution in [0.25, 0.3) is 0 Å². The Hall–Kier alpha value is -3.53. The molecular weight excluding hydrogens is 1250 g/mol. The monoisotopic (exact) mass is 1420 g/mol. The van der Waals surface area contributed by atoms with Crippen LogP contribution in [0.1, 0.15) is 425 Å². The minimum atomic E-state index is -1.51. The van der Waals surface area contributed by atoms with Crippen molar-refractivity contribution in [1.82, 2.24) is 0 Å². The van der Waals surface area contributed by atoms with Gasteiger partial charge in [-0.2, -0.15) is 0 Å². The van der Waals surface area contributed by atoms with E-state index >= 15 is 0 Å². The Kier molecular flexibility index (Phi) is 79.3. The van der Waals surface area contributed by atoms with E-state index in [9.17, 15) is 19.5 Å². The lowest BCUT2D eigenvalue weighted by atomic mass is 10.0. The van der Waals surface area contributed by atoms with E-state index in [0.717, 1.165) is 83.5 Å². The van der Waals surface area contributed by atoms with E-state index in [1.807, 2.05) is 21.1 Å². The third kappa shape index (κ3) is 83.6. The summed E-state index contributed by atoms with van der Waals surface area (Å²) in [6, 6.07) is 0. The molecule has 0 bridgehead atoms. The first kappa shape index (κ1) is 97.5. The van der Waals surface area contributed by atoms with Crippen molar-refractivity contribution in [3.05, 3.63) is 85.1 Å². The number of carbonyl (C=O) groups excluding carboxylic acids is 2. The van der Waals surface area contributed by atoms with Gasteiger partial charge < -0.3 is 28.5 Å². The number of unbranched alkanes of at least 4 members (excludes halogenated alkanes) is 53. The number of aliphatic carboxylic acids is 1. The third-order valence-electron chi connectivity index (χ3n) is 19.7. The van der Waals surface area contributed by atoms with Gasteiger partial charge in [-0.15, -0.1) is 0 Å². The number of carboxylic acid groups (broad SMARTS) is 1. The fourth-order valence-corrected chi connectivity index (χ4v) is 13.1. The fourth-order valence-electron chi connectivity index (χ4n) is 13.1. The molecule has 101 heavy (non-hydrogen) atoms. The van der Waals surface area contributed by atoms with E-state index in [1.54, 1.807) is 0 Å². The smallest absolute Gasteiger partial charge is 0.361 e. The highest BCUT2D eigenvalue weighted by Crippen LogP contribution is 2.20. The lowest BCUT2D eigenvalue weighted by Gasteiger charge is -2.25. The zero-order chi connectivity index (χ0) is 73.2. The molecule has 0 fully saturated rings. The lowest BCUT2D eigenvalue weighted by Crippen LogP contribution is -2.40. The number of hydrogen-bond donors (Lipinski definition) is 1. The molecule has 0 aromatic rings. The number of carboxylic acids is 1. The van der Waals surface area contributed by atoms with E-state index in [1.165, 1.54) is 315 Å². The highest BCUT2D eigenvalue weighted by Gasteiger charge is 2.25. The number of esters is 2. The third-order valence-corrected chi connectivity index (χ3v) is 19.7. The minimum Gasteiger partial charge on any atom is -0.477 e. The Morgan fingerprint density at radius 1 is 0.307 bits per heavy atom. The first-order valence-electron chi connectivity index (χ1n) is 43.8. The highest BCUT2D eigenvalue weighted by atomic mass is 16.7. The number of quaternary nitrogens is 1. The number of nitrogens with zero attached hydrogens (tertiary/aromatic N) is 1. The average Bonchev–Trinajstić information content (AvgIpc) is 1.25. The van der Waals surface area contributed by atoms with Crippen molar-refractivity contribution in [3.8, 4) is 0 Å². The van der Waals surface area contributed by atoms with Crippen molar-refractivity contribution in [2.75, 3.05) is 47.5 Å². The predicted octanol–water partition coefficient (Wildman–Crippen LogP) is 28.5. The van der Waals surface area contributed by atoms with Crippen molar-refractivity contribution in [2.24, 2.45) is 0 Å². The van der Waals surface area contributed by atoms with Crippen LogP contribution >= 0.6 is 0 Å². The standard InChI is InChI=1S/C92H167NO8/c1-6-8-10-12-14-16-18-20-22-24-26-28-30-32-34-36-38-40-42-44-45-47-48-50-52-54-56-58-60-62-64-66-68-70-72-74-76-78-80-82-89(94)99-86-88(87-100-92(91(96)97)98-85-84-93(3,4)5)101-90(95)83-81-79-77-75-73-71-69-67-65-63-61-59-57-55-53-51-49-46-43-41-39-37-35-33-31-29-27-25-23-21-19-17-15-13-11-9-7-2/h9,11,15,17,21,23,27,29,33,35,39,41,46,49,88,92H,6-8,10,12-14,16,18-20,22,24-26,28,30-32,34,36-38,40,42-45,47-48,50-87H2,1-5H3/p+1/b11-9-,17-15-,23-21-,29-27-,35-33-,41-39-,49-46-. The molecule has 0 aromatic heterocycles. The van der Waals surface area contributed by atoms with Crippen molar-refractivity contribution < 1.29 is 42.9 Å². The van der Waals surface area contributed by atoms with E-state index in [0.29, 0.717) is 17.4 Å². The molecule has 0 aliphatic rings. The van der Waals surface area contributed by atoms with E-state index in [-0.39, 0.29) is 38.2 Å². The van der Waals surface area contributed by atoms with Gasteiger partial charge in [-0.1, -0.05) is 426 Å². The number of hydrogen-bond acceptors (Lipinski definition) is 7. The molecule has 588 valence electrons. The molecule has 0 aromatic carbocycles. The largest absolute Gasteiger partial charge is 0.477 e. The molecule has 0 spiro atoms. The van der Waals surface area contributed by atoms with Gasteiger partial charge >= 0.3 is 17.9 Å². The molecule has 9 heteroatoms. The topological polar surface area (TPSA) is 108 Å². The first-order valence-corrected chi connectivity index (χ1v) is 43.8. The summed E-state index contributed by atoms with van der Waals surface area (Å²) in [5.74, 6) is -1.98. The fraction of sp³-hybridized carbons (Fsp3) is 0.815. The van der Waals surface area contributed by atoms with E-state index in [2.05, 4.69) is 98.9 Å². The van der Waals surface area contributed by atoms with Crippen molar-refractivity contribution in [3.63, 3.8) is 0 Å². The predicted molar refractivity (Wildman–Crippen MR) is 438 cm³/mol. The van der Waals surface area contributed by atoms with Crippen LogP contribution in [0.2, 0.25) is 0 Å². The van der Waals surface area contributed by atoms with Crippen molar-refractivity contribution >= 4 is 17.9 Å². The Labute approximate surface area is 627 Å². The van der Waals surface area contributed by atoms with Gasteiger partial charge in [0.25, 0.3) is 6.29 Å². The molecule has 0 rings (SSSR count). The number of ether oxygens (including phenoxy) is 4. The molecule has 0 aliphatic carbocycles. The zero-order valence-corrected chi connectivity index (χ0v) is 67.6. The normalized spacial score (nSPS) is 13.0. The molecule has 2 atom stereocenters. The summed E-state index contributed by atoms with van der Waals surface area (Å²) >= 11 is 0. The molecule has 1 N–H and O–H groups in total. The summed E-state index contributed by atoms with van der Waals surface area (Å²) in [7, 11) is 6.00. The average molecular weight is 1420 g/mol. The summed E-state index contributed by atoms with van der Waals surface area (Å²) < 4.78 is 23.1. The molecule has 9 nitrogen and oxygen atoms in total. The number of allylic oxidation sites excluding steroid dienone is 14. The van der Waals surface area contributed by atoms with Gasteiger partial charge in [0.2, 0.25) is 0 Å². The molecule has 2 unspecified atom stereocenters. The van der Waals surface area contributed by atoms with Gasteiger partial charge in [0.05, 0.1) is 34.4 Å². The number of likely N-dealkylation sites (N-methyl/N-ethyl adjacent to an activating group) is 1. The van der Waals surface area contributed by atoms with Crippen LogP contribution in [0.15, 0.2) is 85.1 Å². The second kappa shape index (κ2) is 82.1. The second-order valence-corrected chi connectivity index (χ2v) is 30.8. The Bertz CT molecular complexity index is 1940. The van der Waals surface area contributed by atoms with Crippen LogP contribution in [0.5, 0.6) is 0 Å². The molecule has 0 radical (unpaired) electrons. The van der Waals surface area contributed by atoms with Crippen molar-refractivity contribution in [2.45, 2.75) is 437 Å². The molecular formula is C92H168NO8+. The molecule has 0 aliphatic heterocycles. The van der Waals surface area contributed by atoms with Gasteiger partial charge in [-0.3, -0.25) is 9.59 Å². The van der Waals surface area contributed by atoms with Crippen LogP contribution in [-0.2, 0) is 33.3 Å². The summed E-state index contributed by atoms with van der Waals surface area (Å²) in [6.45, 7) is 4.83. The van der Waals surface area contributed by atoms with Crippen molar-refractivity contribution in [1.29, 1.82) is 0 Å². The summed E-state index contributed by atoms with van der Waals surface area (Å²) in [5.41, 5.74) is 0. The van der Waals surface area contributed by atoms with E-state index < -0.39 is 18.4 Å². The zero-order valence-electron chi connectivity index (χ0n) is 67.6. The maximum atomic E-state index is 13.0. The Morgan fingerprint density at radius 2 is 0.564 bits per heavy atom. The van der Waals surface area contributed by atoms with Gasteiger partial charge in [0.1, 0.15) is 13.2 Å². The minimum absolute atomic E-state index is 0.179. The summed E-state index contributed by atoms with van der Waals surface area (Å²) in [5, 5.41) is 9.79. The van der Waals surface area contributed by atoms with Crippen LogP contribution < -0.4 is 0 Å². The molecule has 0 heterocycles. The highest BCUT2D eigenvalue weighted by molar-refractivity contribution is 5.71. The first-order chi connectivity index (χ1) is 49.6. The van der Waals surface area contributed by atoms with Gasteiger partial charge in [-0.25, -0.2) is 4.79 Å². The Morgan fingerprint density at radius 3 is 0.842 bits per heavy atom. The number of carbonyl (C=O) groups is 3. The van der Waals surface area contributed by atoms with Crippen LogP contribution in [0.3, 0.4) is 0 Å². The summed E-state index contributed by atoms with van der Waals surface area (Å²) in [4.78, 5) is 37.8. The van der Waals surface area contributed by atoms with Crippen LogP contribution in [0.4, 0.5) is 0 Å². The molecule has 0 saturated carbocycles. The number of rotatable bonds is 82. The SMILES string of the molecule is CC/C=C\C/C=C\C/C=C\C/C=C\C/C=C\C/C=C\C/C=C\CCCCCCCCCCCCCCCCCC(=O)OC(COC(=O)CCCCCCCCCCCCCCCCCCCCCCCCCCCCCCCCCCCCCCCCC)COC(OCC[N+](C)(C)C)C(=O)O. The van der Waals surface area contributed by atoms with E-state index in [4.69, 9.17) is 18.9 Å². The van der Waals surface area contributed by atoms with Gasteiger partial charge in [0.15, 0.2) is 6.10 Å². The molecule has 0 amide bonds. The van der Waals surface area contributed by atoms with Crippen LogP contribution in [0, 0.1) is 0 Å². The lowest BCUT2D eigenvalue weighted by molar-refractivity contribution is -0.870. The van der Waals surface area contributed by atoms with Gasteiger partial charge in [-0.05, 0) is 70.6 Å². The van der Waals surface area contributed by atoms with Crippen LogP contribution in [-0.4, -0.2) is 87.4 Å². The quantitative estimate of drug-likeness (QED) is 0.0211. The summed E-state index contributed by atoms with van der Waals surface area (Å²) in [6.07, 6.45) is 111. The maximum absolute atomic E-state index is 13.0. The maximum Gasteiger partial charge on any atom is 0.361 e. The molecule has 0 saturated heterocycles. The second-order valence-electron chi connectivity index (χ2n) is 30.8. The Balaban J connectivity index is 3.95. The van der Waals surface area contributed by atoms with Gasteiger partial charge in [0, 0.05) is 12.8 Å².